The molecule has 1 fully saturated rings. The van der Waals surface area contributed by atoms with Crippen LogP contribution < -0.4 is 10.2 Å². The number of nitrogens with one attached hydrogen (secondary N) is 1. The van der Waals surface area contributed by atoms with E-state index in [1.807, 2.05) is 62.1 Å². The molecule has 33 heavy (non-hydrogen) atoms. The van der Waals surface area contributed by atoms with E-state index in [0.29, 0.717) is 36.9 Å². The molecule has 1 aliphatic heterocycles. The van der Waals surface area contributed by atoms with Crippen LogP contribution in [0.2, 0.25) is 10.0 Å². The number of carbonyl (C=O) groups is 1. The van der Waals surface area contributed by atoms with E-state index in [-0.39, 0.29) is 6.03 Å². The zero-order chi connectivity index (χ0) is 23.5. The highest BCUT2D eigenvalue weighted by molar-refractivity contribution is 6.31. The Bertz CT molecular complexity index is 1160. The number of nitrogens with zero attached hydrogens (tertiary/aromatic N) is 4. The van der Waals surface area contributed by atoms with Crippen molar-refractivity contribution in [2.75, 3.05) is 36.4 Å². The molecule has 4 rings (SSSR count). The summed E-state index contributed by atoms with van der Waals surface area (Å²) in [5, 5.41) is 4.31. The smallest absolute Gasteiger partial charge is 0.321 e. The van der Waals surface area contributed by atoms with Gasteiger partial charge in [0.05, 0.1) is 0 Å². The Balaban J connectivity index is 1.46. The van der Waals surface area contributed by atoms with Gasteiger partial charge in [-0.2, -0.15) is 0 Å². The van der Waals surface area contributed by atoms with Crippen molar-refractivity contribution in [2.45, 2.75) is 27.2 Å². The van der Waals surface area contributed by atoms with Gasteiger partial charge in [0, 0.05) is 59.6 Å². The Morgan fingerprint density at radius 3 is 2.33 bits per heavy atom. The normalized spacial score (nSPS) is 13.8. The van der Waals surface area contributed by atoms with E-state index in [4.69, 9.17) is 28.2 Å². The van der Waals surface area contributed by atoms with E-state index in [0.717, 1.165) is 45.5 Å². The molecule has 0 radical (unpaired) electrons. The van der Waals surface area contributed by atoms with Gasteiger partial charge in [0.2, 0.25) is 0 Å². The number of rotatable bonds is 4. The Morgan fingerprint density at radius 2 is 1.67 bits per heavy atom. The lowest BCUT2D eigenvalue weighted by Crippen LogP contribution is -2.50. The minimum Gasteiger partial charge on any atom is -0.353 e. The number of hydrogen-bond donors (Lipinski definition) is 1. The van der Waals surface area contributed by atoms with Gasteiger partial charge in [-0.05, 0) is 56.2 Å². The SMILES string of the molecule is Cc1nc(C)c(Cc2ccc(Cl)cc2)c(N2CCN(C(=O)Nc3ccc(C)c(Cl)c3)CC2)n1. The van der Waals surface area contributed by atoms with E-state index in [1.165, 1.54) is 0 Å². The summed E-state index contributed by atoms with van der Waals surface area (Å²) < 4.78 is 0. The largest absolute Gasteiger partial charge is 0.353 e. The summed E-state index contributed by atoms with van der Waals surface area (Å²) in [7, 11) is 0. The maximum atomic E-state index is 12.8. The van der Waals surface area contributed by atoms with E-state index < -0.39 is 0 Å². The number of anilines is 2. The van der Waals surface area contributed by atoms with E-state index in [9.17, 15) is 4.79 Å². The fourth-order valence-electron chi connectivity index (χ4n) is 3.99. The quantitative estimate of drug-likeness (QED) is 0.520. The molecule has 0 unspecified atom stereocenters. The molecule has 6 nitrogen and oxygen atoms in total. The van der Waals surface area contributed by atoms with Gasteiger partial charge < -0.3 is 15.1 Å². The number of amides is 2. The predicted molar refractivity (Wildman–Crippen MR) is 135 cm³/mol. The third-order valence-corrected chi connectivity index (χ3v) is 6.55. The maximum absolute atomic E-state index is 12.8. The molecule has 1 aliphatic rings. The highest BCUT2D eigenvalue weighted by Crippen LogP contribution is 2.26. The standard InChI is InChI=1S/C25H27Cl2N5O/c1-16-4-9-21(15-23(16)27)30-25(33)32-12-10-31(11-13-32)24-22(17(2)28-18(3)29-24)14-19-5-7-20(26)8-6-19/h4-9,15H,10-14H2,1-3H3,(H,30,33). The molecule has 0 aliphatic carbocycles. The molecule has 2 amide bonds. The number of halogens is 2. The molecule has 0 spiro atoms. The number of urea groups is 1. The van der Waals surface area contributed by atoms with Crippen LogP contribution in [0.3, 0.4) is 0 Å². The van der Waals surface area contributed by atoms with E-state index in [2.05, 4.69) is 15.2 Å². The molecule has 2 aromatic carbocycles. The second kappa shape index (κ2) is 9.98. The van der Waals surface area contributed by atoms with Crippen molar-refractivity contribution in [3.63, 3.8) is 0 Å². The number of carbonyl (C=O) groups excluding carboxylic acids is 1. The predicted octanol–water partition coefficient (Wildman–Crippen LogP) is 5.65. The summed E-state index contributed by atoms with van der Waals surface area (Å²) in [6, 6.07) is 13.3. The van der Waals surface area contributed by atoms with Gasteiger partial charge in [0.1, 0.15) is 11.6 Å². The highest BCUT2D eigenvalue weighted by Gasteiger charge is 2.25. The van der Waals surface area contributed by atoms with Crippen LogP contribution in [0.25, 0.3) is 0 Å². The minimum absolute atomic E-state index is 0.119. The fourth-order valence-corrected chi connectivity index (χ4v) is 4.29. The van der Waals surface area contributed by atoms with Crippen LogP contribution in [-0.2, 0) is 6.42 Å². The molecule has 1 N–H and O–H groups in total. The summed E-state index contributed by atoms with van der Waals surface area (Å²) in [5.41, 5.74) is 4.92. The summed E-state index contributed by atoms with van der Waals surface area (Å²) in [6.45, 7) is 8.49. The molecule has 0 bridgehead atoms. The van der Waals surface area contributed by atoms with Crippen molar-refractivity contribution in [1.82, 2.24) is 14.9 Å². The van der Waals surface area contributed by atoms with Gasteiger partial charge in [-0.1, -0.05) is 41.4 Å². The second-order valence-electron chi connectivity index (χ2n) is 8.33. The first-order chi connectivity index (χ1) is 15.8. The third kappa shape index (κ3) is 5.57. The van der Waals surface area contributed by atoms with Crippen molar-refractivity contribution in [3.8, 4) is 0 Å². The maximum Gasteiger partial charge on any atom is 0.321 e. The van der Waals surface area contributed by atoms with Crippen molar-refractivity contribution in [2.24, 2.45) is 0 Å². The molecule has 1 aromatic heterocycles. The van der Waals surface area contributed by atoms with Gasteiger partial charge in [-0.3, -0.25) is 0 Å². The number of benzene rings is 2. The topological polar surface area (TPSA) is 61.4 Å². The zero-order valence-corrected chi connectivity index (χ0v) is 20.5. The van der Waals surface area contributed by atoms with Crippen molar-refractivity contribution in [3.05, 3.63) is 80.7 Å². The first-order valence-corrected chi connectivity index (χ1v) is 11.7. The lowest BCUT2D eigenvalue weighted by atomic mass is 10.0. The van der Waals surface area contributed by atoms with Crippen LogP contribution in [0.15, 0.2) is 42.5 Å². The van der Waals surface area contributed by atoms with E-state index >= 15 is 0 Å². The fraction of sp³-hybridized carbons (Fsp3) is 0.320. The van der Waals surface area contributed by atoms with Crippen molar-refractivity contribution >= 4 is 40.7 Å². The van der Waals surface area contributed by atoms with Gasteiger partial charge in [-0.25, -0.2) is 14.8 Å². The molecule has 0 atom stereocenters. The third-order valence-electron chi connectivity index (χ3n) is 5.89. The molecular formula is C25H27Cl2N5O. The molecule has 0 saturated carbocycles. The Kier molecular flexibility index (Phi) is 7.05. The van der Waals surface area contributed by atoms with Crippen LogP contribution >= 0.6 is 23.2 Å². The number of aryl methyl sites for hydroxylation is 3. The average Bonchev–Trinajstić information content (AvgIpc) is 2.79. The summed E-state index contributed by atoms with van der Waals surface area (Å²) in [4.78, 5) is 26.2. The highest BCUT2D eigenvalue weighted by atomic mass is 35.5. The molecule has 1 saturated heterocycles. The average molecular weight is 484 g/mol. The number of aromatic nitrogens is 2. The number of piperazine rings is 1. The van der Waals surface area contributed by atoms with Gasteiger partial charge in [0.25, 0.3) is 0 Å². The molecule has 2 heterocycles. The van der Waals surface area contributed by atoms with Crippen LogP contribution in [0.1, 0.15) is 28.2 Å². The van der Waals surface area contributed by atoms with Crippen molar-refractivity contribution < 1.29 is 4.79 Å². The van der Waals surface area contributed by atoms with Crippen LogP contribution in [0, 0.1) is 20.8 Å². The zero-order valence-electron chi connectivity index (χ0n) is 19.0. The monoisotopic (exact) mass is 483 g/mol. The Labute approximate surface area is 204 Å². The summed E-state index contributed by atoms with van der Waals surface area (Å²) in [6.07, 6.45) is 0.730. The Morgan fingerprint density at radius 1 is 0.970 bits per heavy atom. The molecule has 172 valence electrons. The van der Waals surface area contributed by atoms with Gasteiger partial charge in [-0.15, -0.1) is 0 Å². The van der Waals surface area contributed by atoms with Crippen LogP contribution in [0.5, 0.6) is 0 Å². The van der Waals surface area contributed by atoms with Gasteiger partial charge in [0.15, 0.2) is 0 Å². The first-order valence-electron chi connectivity index (χ1n) is 11.0. The van der Waals surface area contributed by atoms with Crippen LogP contribution in [-0.4, -0.2) is 47.1 Å². The summed E-state index contributed by atoms with van der Waals surface area (Å²) >= 11 is 12.2. The molecule has 8 heteroatoms. The number of hydrogen-bond acceptors (Lipinski definition) is 4. The summed E-state index contributed by atoms with van der Waals surface area (Å²) in [5.74, 6) is 1.69. The molecular weight excluding hydrogens is 457 g/mol. The first kappa shape index (κ1) is 23.3. The molecule has 3 aromatic rings. The second-order valence-corrected chi connectivity index (χ2v) is 9.17. The van der Waals surface area contributed by atoms with Crippen molar-refractivity contribution in [1.29, 1.82) is 0 Å². The minimum atomic E-state index is -0.119. The van der Waals surface area contributed by atoms with Gasteiger partial charge >= 0.3 is 6.03 Å². The lowest BCUT2D eigenvalue weighted by molar-refractivity contribution is 0.208. The Hall–Kier alpha value is -2.83. The van der Waals surface area contributed by atoms with E-state index in [1.54, 1.807) is 6.07 Å². The lowest BCUT2D eigenvalue weighted by Gasteiger charge is -2.36. The van der Waals surface area contributed by atoms with Crippen LogP contribution in [0.4, 0.5) is 16.3 Å².